The van der Waals surface area contributed by atoms with E-state index in [0.717, 1.165) is 16.5 Å². The number of hydrogen-bond acceptors (Lipinski definition) is 2. The molecular weight excluding hydrogens is 300 g/mol. The molecule has 2 aromatic carbocycles. The van der Waals surface area contributed by atoms with Gasteiger partial charge >= 0.3 is 0 Å². The number of carbonyl (C=O) groups excluding carboxylic acids is 1. The highest BCUT2D eigenvalue weighted by molar-refractivity contribution is 5.99. The van der Waals surface area contributed by atoms with Crippen molar-refractivity contribution in [1.29, 1.82) is 5.41 Å². The van der Waals surface area contributed by atoms with Gasteiger partial charge in [-0.15, -0.1) is 0 Å². The highest BCUT2D eigenvalue weighted by atomic mass is 16.1. The maximum absolute atomic E-state index is 12.4. The summed E-state index contributed by atoms with van der Waals surface area (Å²) in [5.41, 5.74) is 8.89. The molecule has 0 aliphatic carbocycles. The van der Waals surface area contributed by atoms with E-state index in [4.69, 9.17) is 11.1 Å². The third-order valence-corrected chi connectivity index (χ3v) is 3.96. The Kier molecular flexibility index (Phi) is 4.33. The Morgan fingerprint density at radius 3 is 2.71 bits per heavy atom. The monoisotopic (exact) mass is 320 g/mol. The van der Waals surface area contributed by atoms with Crippen molar-refractivity contribution in [3.63, 3.8) is 0 Å². The smallest absolute Gasteiger partial charge is 0.267 e. The SMILES string of the molecule is CCNC(=O)c1cc2ccccc2n1Cc1cccc(C(=N)N)c1. The van der Waals surface area contributed by atoms with Crippen LogP contribution in [0.2, 0.25) is 0 Å². The van der Waals surface area contributed by atoms with Gasteiger partial charge in [-0.1, -0.05) is 36.4 Å². The van der Waals surface area contributed by atoms with Crippen LogP contribution in [0.3, 0.4) is 0 Å². The maximum atomic E-state index is 12.4. The number of rotatable bonds is 5. The molecule has 0 bridgehead atoms. The number of amides is 1. The summed E-state index contributed by atoms with van der Waals surface area (Å²) >= 11 is 0. The molecule has 1 amide bonds. The summed E-state index contributed by atoms with van der Waals surface area (Å²) in [6.07, 6.45) is 0. The third kappa shape index (κ3) is 3.01. The molecule has 0 fully saturated rings. The molecule has 0 saturated heterocycles. The highest BCUT2D eigenvalue weighted by Gasteiger charge is 2.15. The number of carbonyl (C=O) groups is 1. The Labute approximate surface area is 140 Å². The van der Waals surface area contributed by atoms with Crippen LogP contribution in [-0.4, -0.2) is 22.9 Å². The first-order valence-corrected chi connectivity index (χ1v) is 7.90. The molecule has 5 heteroatoms. The number of benzene rings is 2. The molecule has 3 aromatic rings. The minimum absolute atomic E-state index is 0.0400. The second-order valence-corrected chi connectivity index (χ2v) is 5.65. The fraction of sp³-hybridized carbons (Fsp3) is 0.158. The molecule has 0 atom stereocenters. The van der Waals surface area contributed by atoms with Crippen molar-refractivity contribution in [2.24, 2.45) is 5.73 Å². The first-order valence-electron chi connectivity index (χ1n) is 7.90. The van der Waals surface area contributed by atoms with Gasteiger partial charge in [-0.05, 0) is 30.7 Å². The van der Waals surface area contributed by atoms with Crippen LogP contribution in [0.25, 0.3) is 10.9 Å². The average Bonchev–Trinajstić information content (AvgIpc) is 2.94. The first kappa shape index (κ1) is 15.8. The van der Waals surface area contributed by atoms with Crippen LogP contribution in [-0.2, 0) is 6.54 Å². The Morgan fingerprint density at radius 1 is 1.17 bits per heavy atom. The number of aromatic nitrogens is 1. The van der Waals surface area contributed by atoms with E-state index in [9.17, 15) is 4.79 Å². The summed E-state index contributed by atoms with van der Waals surface area (Å²) in [5, 5.41) is 11.5. The van der Waals surface area contributed by atoms with Gasteiger partial charge in [0.15, 0.2) is 0 Å². The van der Waals surface area contributed by atoms with E-state index >= 15 is 0 Å². The molecule has 4 N–H and O–H groups in total. The van der Waals surface area contributed by atoms with Gasteiger partial charge in [0.2, 0.25) is 0 Å². The normalized spacial score (nSPS) is 10.7. The lowest BCUT2D eigenvalue weighted by atomic mass is 10.1. The van der Waals surface area contributed by atoms with Crippen LogP contribution in [0, 0.1) is 5.41 Å². The summed E-state index contributed by atoms with van der Waals surface area (Å²) in [4.78, 5) is 12.4. The zero-order chi connectivity index (χ0) is 17.1. The van der Waals surface area contributed by atoms with E-state index in [1.807, 2.05) is 66.1 Å². The first-order chi connectivity index (χ1) is 11.6. The predicted molar refractivity (Wildman–Crippen MR) is 96.5 cm³/mol. The van der Waals surface area contributed by atoms with Crippen LogP contribution >= 0.6 is 0 Å². The number of fused-ring (bicyclic) bond motifs is 1. The number of nitrogens with one attached hydrogen (secondary N) is 2. The van der Waals surface area contributed by atoms with E-state index < -0.39 is 0 Å². The van der Waals surface area contributed by atoms with Gasteiger partial charge in [0.1, 0.15) is 11.5 Å². The van der Waals surface area contributed by atoms with Crippen molar-refractivity contribution in [2.75, 3.05) is 6.54 Å². The van der Waals surface area contributed by atoms with Gasteiger partial charge in [-0.25, -0.2) is 0 Å². The summed E-state index contributed by atoms with van der Waals surface area (Å²) in [6.45, 7) is 3.03. The summed E-state index contributed by atoms with van der Waals surface area (Å²) in [5.74, 6) is -0.0467. The second kappa shape index (κ2) is 6.58. The van der Waals surface area contributed by atoms with E-state index in [2.05, 4.69) is 5.32 Å². The molecule has 122 valence electrons. The van der Waals surface area contributed by atoms with Crippen molar-refractivity contribution in [1.82, 2.24) is 9.88 Å². The molecule has 0 spiro atoms. The molecule has 0 unspecified atom stereocenters. The molecular formula is C19H20N4O. The van der Waals surface area contributed by atoms with Crippen LogP contribution < -0.4 is 11.1 Å². The van der Waals surface area contributed by atoms with Crippen molar-refractivity contribution in [3.05, 3.63) is 71.4 Å². The molecule has 1 aromatic heterocycles. The largest absolute Gasteiger partial charge is 0.384 e. The maximum Gasteiger partial charge on any atom is 0.267 e. The highest BCUT2D eigenvalue weighted by Crippen LogP contribution is 2.21. The second-order valence-electron chi connectivity index (χ2n) is 5.65. The van der Waals surface area contributed by atoms with E-state index in [0.29, 0.717) is 24.3 Å². The van der Waals surface area contributed by atoms with Crippen LogP contribution in [0.15, 0.2) is 54.6 Å². The van der Waals surface area contributed by atoms with Gasteiger partial charge in [-0.3, -0.25) is 10.2 Å². The molecule has 24 heavy (non-hydrogen) atoms. The minimum Gasteiger partial charge on any atom is -0.384 e. The van der Waals surface area contributed by atoms with Gasteiger partial charge in [0, 0.05) is 29.6 Å². The molecule has 0 aliphatic heterocycles. The minimum atomic E-state index is -0.0866. The Morgan fingerprint density at radius 2 is 1.96 bits per heavy atom. The molecule has 3 rings (SSSR count). The summed E-state index contributed by atoms with van der Waals surface area (Å²) < 4.78 is 2.00. The van der Waals surface area contributed by atoms with E-state index in [1.54, 1.807) is 0 Å². The Balaban J connectivity index is 2.07. The predicted octanol–water partition coefficient (Wildman–Crippen LogP) is 2.72. The van der Waals surface area contributed by atoms with Crippen molar-refractivity contribution in [3.8, 4) is 0 Å². The Bertz CT molecular complexity index is 911. The fourth-order valence-corrected chi connectivity index (χ4v) is 2.84. The van der Waals surface area contributed by atoms with Gasteiger partial charge in [-0.2, -0.15) is 0 Å². The third-order valence-electron chi connectivity index (χ3n) is 3.96. The molecule has 5 nitrogen and oxygen atoms in total. The number of nitrogen functional groups attached to an aromatic ring is 1. The van der Waals surface area contributed by atoms with Gasteiger partial charge in [0.25, 0.3) is 5.91 Å². The zero-order valence-corrected chi connectivity index (χ0v) is 13.5. The molecule has 1 heterocycles. The van der Waals surface area contributed by atoms with Crippen molar-refractivity contribution < 1.29 is 4.79 Å². The number of hydrogen-bond donors (Lipinski definition) is 3. The number of nitrogens with two attached hydrogens (primary N) is 1. The molecule has 0 saturated carbocycles. The number of para-hydroxylation sites is 1. The van der Waals surface area contributed by atoms with Gasteiger partial charge < -0.3 is 15.6 Å². The lowest BCUT2D eigenvalue weighted by Gasteiger charge is -2.11. The van der Waals surface area contributed by atoms with Crippen LogP contribution in [0.5, 0.6) is 0 Å². The van der Waals surface area contributed by atoms with Crippen LogP contribution in [0.4, 0.5) is 0 Å². The van der Waals surface area contributed by atoms with E-state index in [-0.39, 0.29) is 11.7 Å². The van der Waals surface area contributed by atoms with Crippen LogP contribution in [0.1, 0.15) is 28.5 Å². The lowest BCUT2D eigenvalue weighted by molar-refractivity contribution is 0.0947. The average molecular weight is 320 g/mol. The quantitative estimate of drug-likeness (QED) is 0.499. The molecule has 0 aliphatic rings. The van der Waals surface area contributed by atoms with Crippen molar-refractivity contribution in [2.45, 2.75) is 13.5 Å². The fourth-order valence-electron chi connectivity index (χ4n) is 2.84. The standard InChI is InChI=1S/C19H20N4O/c1-2-22-19(24)17-11-14-7-3-4-9-16(14)23(17)12-13-6-5-8-15(10-13)18(20)21/h3-11H,2,12H2,1H3,(H3,20,21)(H,22,24). The Hall–Kier alpha value is -3.08. The number of amidine groups is 1. The lowest BCUT2D eigenvalue weighted by Crippen LogP contribution is -2.25. The van der Waals surface area contributed by atoms with E-state index in [1.165, 1.54) is 0 Å². The van der Waals surface area contributed by atoms with Crippen molar-refractivity contribution >= 4 is 22.6 Å². The summed E-state index contributed by atoms with van der Waals surface area (Å²) in [7, 11) is 0. The van der Waals surface area contributed by atoms with Gasteiger partial charge in [0.05, 0.1) is 0 Å². The zero-order valence-electron chi connectivity index (χ0n) is 13.5. The topological polar surface area (TPSA) is 83.9 Å². The summed E-state index contributed by atoms with van der Waals surface area (Å²) in [6, 6.07) is 17.4. The number of nitrogens with zero attached hydrogens (tertiary/aromatic N) is 1. The molecule has 0 radical (unpaired) electrons.